The second-order valence-corrected chi connectivity index (χ2v) is 3.40. The van der Waals surface area contributed by atoms with E-state index in [4.69, 9.17) is 10.2 Å². The molecule has 5 heteroatoms. The third kappa shape index (κ3) is 3.21. The zero-order valence-electron chi connectivity index (χ0n) is 8.47. The minimum absolute atomic E-state index is 0.0699. The molecule has 0 radical (unpaired) electrons. The maximum atomic E-state index is 10.8. The summed E-state index contributed by atoms with van der Waals surface area (Å²) in [5.41, 5.74) is 0.667. The molecule has 0 aliphatic heterocycles. The fourth-order valence-electron chi connectivity index (χ4n) is 1.07. The first kappa shape index (κ1) is 11.5. The van der Waals surface area contributed by atoms with Crippen LogP contribution in [0, 0.1) is 5.92 Å². The molecule has 0 bridgehead atoms. The van der Waals surface area contributed by atoms with E-state index in [-0.39, 0.29) is 18.1 Å². The Morgan fingerprint density at radius 3 is 3.00 bits per heavy atom. The second-order valence-electron chi connectivity index (χ2n) is 3.40. The van der Waals surface area contributed by atoms with Gasteiger partial charge in [-0.2, -0.15) is 0 Å². The maximum Gasteiger partial charge on any atom is 0.339 e. The topological polar surface area (TPSA) is 82.5 Å². The van der Waals surface area contributed by atoms with Crippen LogP contribution in [0.15, 0.2) is 18.5 Å². The molecule has 5 nitrogen and oxygen atoms in total. The van der Waals surface area contributed by atoms with Gasteiger partial charge in [0.05, 0.1) is 5.69 Å². The zero-order valence-corrected chi connectivity index (χ0v) is 8.47. The van der Waals surface area contributed by atoms with Crippen molar-refractivity contribution in [3.8, 4) is 0 Å². The van der Waals surface area contributed by atoms with Crippen LogP contribution in [0.5, 0.6) is 0 Å². The number of pyridine rings is 1. The van der Waals surface area contributed by atoms with Gasteiger partial charge in [-0.15, -0.1) is 0 Å². The van der Waals surface area contributed by atoms with Gasteiger partial charge in [-0.05, 0) is 12.0 Å². The highest BCUT2D eigenvalue weighted by atomic mass is 16.4. The monoisotopic (exact) mass is 210 g/mol. The summed E-state index contributed by atoms with van der Waals surface area (Å²) < 4.78 is 0. The maximum absolute atomic E-state index is 10.8. The van der Waals surface area contributed by atoms with E-state index >= 15 is 0 Å². The van der Waals surface area contributed by atoms with Crippen LogP contribution >= 0.6 is 0 Å². The third-order valence-electron chi connectivity index (χ3n) is 2.00. The van der Waals surface area contributed by atoms with Gasteiger partial charge in [0.2, 0.25) is 0 Å². The summed E-state index contributed by atoms with van der Waals surface area (Å²) in [7, 11) is 0. The van der Waals surface area contributed by atoms with E-state index in [0.717, 1.165) is 0 Å². The highest BCUT2D eigenvalue weighted by Crippen LogP contribution is 2.13. The van der Waals surface area contributed by atoms with Gasteiger partial charge in [-0.3, -0.25) is 4.98 Å². The average molecular weight is 210 g/mol. The van der Waals surface area contributed by atoms with Crippen LogP contribution in [0.2, 0.25) is 0 Å². The van der Waals surface area contributed by atoms with Gasteiger partial charge in [0.1, 0.15) is 5.56 Å². The van der Waals surface area contributed by atoms with Crippen molar-refractivity contribution in [1.82, 2.24) is 4.98 Å². The Balaban J connectivity index is 2.72. The molecule has 15 heavy (non-hydrogen) atoms. The molecule has 0 aliphatic carbocycles. The van der Waals surface area contributed by atoms with E-state index in [1.807, 2.05) is 6.92 Å². The standard InChI is InChI=1S/C10H14N2O3/c1-7(6-13)4-12-9-2-3-11-5-8(9)10(14)15/h2-3,5,7,13H,4,6H2,1H3,(H,11,12)(H,14,15). The van der Waals surface area contributed by atoms with Crippen LogP contribution < -0.4 is 5.32 Å². The first-order valence-electron chi connectivity index (χ1n) is 4.67. The smallest absolute Gasteiger partial charge is 0.339 e. The number of aromatic nitrogens is 1. The van der Waals surface area contributed by atoms with Gasteiger partial charge in [0, 0.05) is 25.5 Å². The molecule has 1 rings (SSSR count). The number of anilines is 1. The number of rotatable bonds is 5. The van der Waals surface area contributed by atoms with Gasteiger partial charge < -0.3 is 15.5 Å². The van der Waals surface area contributed by atoms with Crippen molar-refractivity contribution in [1.29, 1.82) is 0 Å². The Hall–Kier alpha value is -1.62. The Morgan fingerprint density at radius 2 is 2.40 bits per heavy atom. The predicted octanol–water partition coefficient (Wildman–Crippen LogP) is 0.820. The minimum atomic E-state index is -1.01. The number of hydrogen-bond acceptors (Lipinski definition) is 4. The lowest BCUT2D eigenvalue weighted by atomic mass is 10.2. The number of aliphatic hydroxyl groups is 1. The lowest BCUT2D eigenvalue weighted by Gasteiger charge is -2.12. The molecule has 0 saturated carbocycles. The van der Waals surface area contributed by atoms with Crippen molar-refractivity contribution in [2.75, 3.05) is 18.5 Å². The molecule has 1 atom stereocenters. The molecule has 1 aromatic heterocycles. The van der Waals surface area contributed by atoms with E-state index in [1.165, 1.54) is 12.4 Å². The van der Waals surface area contributed by atoms with Crippen LogP contribution in [-0.2, 0) is 0 Å². The molecule has 82 valence electrons. The first-order chi connectivity index (χ1) is 7.15. The number of carboxylic acid groups (broad SMARTS) is 1. The van der Waals surface area contributed by atoms with E-state index in [9.17, 15) is 4.79 Å². The van der Waals surface area contributed by atoms with Gasteiger partial charge >= 0.3 is 5.97 Å². The molecule has 0 aromatic carbocycles. The summed E-state index contributed by atoms with van der Waals surface area (Å²) in [6, 6.07) is 1.60. The summed E-state index contributed by atoms with van der Waals surface area (Å²) in [4.78, 5) is 14.6. The van der Waals surface area contributed by atoms with Crippen molar-refractivity contribution in [3.63, 3.8) is 0 Å². The van der Waals surface area contributed by atoms with Crippen molar-refractivity contribution in [2.24, 2.45) is 5.92 Å². The fourth-order valence-corrected chi connectivity index (χ4v) is 1.07. The van der Waals surface area contributed by atoms with Crippen molar-refractivity contribution >= 4 is 11.7 Å². The molecule has 1 heterocycles. The summed E-state index contributed by atoms with van der Waals surface area (Å²) in [6.07, 6.45) is 2.83. The fraction of sp³-hybridized carbons (Fsp3) is 0.400. The van der Waals surface area contributed by atoms with Crippen molar-refractivity contribution in [3.05, 3.63) is 24.0 Å². The molecule has 1 unspecified atom stereocenters. The summed E-state index contributed by atoms with van der Waals surface area (Å²) in [5.74, 6) is -0.929. The minimum Gasteiger partial charge on any atom is -0.478 e. The number of carbonyl (C=O) groups is 1. The highest BCUT2D eigenvalue weighted by molar-refractivity contribution is 5.93. The van der Waals surface area contributed by atoms with E-state index in [2.05, 4.69) is 10.3 Å². The number of aromatic carboxylic acids is 1. The van der Waals surface area contributed by atoms with Gasteiger partial charge in [-0.1, -0.05) is 6.92 Å². The third-order valence-corrected chi connectivity index (χ3v) is 2.00. The van der Waals surface area contributed by atoms with Gasteiger partial charge in [0.25, 0.3) is 0 Å². The summed E-state index contributed by atoms with van der Waals surface area (Å²) in [5, 5.41) is 20.6. The van der Waals surface area contributed by atoms with E-state index in [0.29, 0.717) is 12.2 Å². The molecule has 3 N–H and O–H groups in total. The molecular formula is C10H14N2O3. The predicted molar refractivity (Wildman–Crippen MR) is 55.9 cm³/mol. The van der Waals surface area contributed by atoms with Crippen LogP contribution in [-0.4, -0.2) is 34.3 Å². The number of carboxylic acids is 1. The van der Waals surface area contributed by atoms with Crippen LogP contribution in [0.25, 0.3) is 0 Å². The number of nitrogens with one attached hydrogen (secondary N) is 1. The number of hydrogen-bond donors (Lipinski definition) is 3. The normalized spacial score (nSPS) is 12.1. The molecule has 0 spiro atoms. The lowest BCUT2D eigenvalue weighted by Crippen LogP contribution is -2.16. The Kier molecular flexibility index (Phi) is 4.05. The SMILES string of the molecule is CC(CO)CNc1ccncc1C(=O)O. The Labute approximate surface area is 87.8 Å². The van der Waals surface area contributed by atoms with Gasteiger partial charge in [0.15, 0.2) is 0 Å². The molecule has 0 amide bonds. The molecule has 1 aromatic rings. The van der Waals surface area contributed by atoms with E-state index in [1.54, 1.807) is 6.07 Å². The lowest BCUT2D eigenvalue weighted by molar-refractivity contribution is 0.0697. The van der Waals surface area contributed by atoms with E-state index < -0.39 is 5.97 Å². The summed E-state index contributed by atoms with van der Waals surface area (Å²) >= 11 is 0. The van der Waals surface area contributed by atoms with Crippen LogP contribution in [0.4, 0.5) is 5.69 Å². The number of nitrogens with zero attached hydrogens (tertiary/aromatic N) is 1. The second kappa shape index (κ2) is 5.31. The molecular weight excluding hydrogens is 196 g/mol. The highest BCUT2D eigenvalue weighted by Gasteiger charge is 2.09. The van der Waals surface area contributed by atoms with Crippen molar-refractivity contribution < 1.29 is 15.0 Å². The summed E-state index contributed by atoms with van der Waals surface area (Å²) in [6.45, 7) is 2.47. The Morgan fingerprint density at radius 1 is 1.67 bits per heavy atom. The molecule has 0 aliphatic rings. The Bertz CT molecular complexity index is 341. The number of aliphatic hydroxyl groups excluding tert-OH is 1. The molecule has 0 fully saturated rings. The van der Waals surface area contributed by atoms with Crippen LogP contribution in [0.1, 0.15) is 17.3 Å². The first-order valence-corrected chi connectivity index (χ1v) is 4.67. The molecule has 0 saturated heterocycles. The zero-order chi connectivity index (χ0) is 11.3. The van der Waals surface area contributed by atoms with Gasteiger partial charge in [-0.25, -0.2) is 4.79 Å². The largest absolute Gasteiger partial charge is 0.478 e. The van der Waals surface area contributed by atoms with Crippen LogP contribution in [0.3, 0.4) is 0 Å². The average Bonchev–Trinajstić information content (AvgIpc) is 2.26. The quantitative estimate of drug-likeness (QED) is 0.670. The van der Waals surface area contributed by atoms with Crippen molar-refractivity contribution in [2.45, 2.75) is 6.92 Å².